The molecule has 0 aliphatic rings. The van der Waals surface area contributed by atoms with Crippen LogP contribution in [0.5, 0.6) is 11.5 Å². The van der Waals surface area contributed by atoms with Crippen LogP contribution in [0.4, 0.5) is 5.69 Å². The molecule has 0 heterocycles. The van der Waals surface area contributed by atoms with Gasteiger partial charge in [-0.15, -0.1) is 0 Å². The fourth-order valence-corrected chi connectivity index (χ4v) is 2.54. The molecule has 0 aromatic heterocycles. The number of hydrogen-bond donors (Lipinski definition) is 1. The topological polar surface area (TPSA) is 47.6 Å². The zero-order chi connectivity index (χ0) is 18.2. The standard InChI is InChI=1S/C22H21NO3/c1-25-21-9-5-8-19(16-21)23-22(24)18-10-12-20(13-11-18)26-15-14-17-6-3-2-4-7-17/h2-13,16H,14-15H2,1H3,(H,23,24). The van der Waals surface area contributed by atoms with Crippen molar-refractivity contribution in [1.82, 2.24) is 0 Å². The molecule has 0 saturated heterocycles. The molecule has 0 unspecified atom stereocenters. The van der Waals surface area contributed by atoms with Gasteiger partial charge in [-0.1, -0.05) is 36.4 Å². The summed E-state index contributed by atoms with van der Waals surface area (Å²) >= 11 is 0. The molecule has 0 atom stereocenters. The fourth-order valence-electron chi connectivity index (χ4n) is 2.54. The Bertz CT molecular complexity index is 845. The van der Waals surface area contributed by atoms with Gasteiger partial charge in [-0.3, -0.25) is 4.79 Å². The minimum atomic E-state index is -0.172. The number of ether oxygens (including phenoxy) is 2. The minimum absolute atomic E-state index is 0.172. The van der Waals surface area contributed by atoms with Gasteiger partial charge in [-0.05, 0) is 42.0 Å². The molecule has 1 N–H and O–H groups in total. The van der Waals surface area contributed by atoms with Crippen LogP contribution in [0.3, 0.4) is 0 Å². The van der Waals surface area contributed by atoms with Crippen LogP contribution in [0.2, 0.25) is 0 Å². The van der Waals surface area contributed by atoms with Gasteiger partial charge in [-0.25, -0.2) is 0 Å². The number of hydrogen-bond acceptors (Lipinski definition) is 3. The molecule has 26 heavy (non-hydrogen) atoms. The summed E-state index contributed by atoms with van der Waals surface area (Å²) in [5, 5.41) is 2.86. The number of carbonyl (C=O) groups is 1. The van der Waals surface area contributed by atoms with E-state index in [0.29, 0.717) is 23.6 Å². The predicted octanol–water partition coefficient (Wildman–Crippen LogP) is 4.57. The molecule has 0 aliphatic heterocycles. The van der Waals surface area contributed by atoms with Crippen molar-refractivity contribution in [2.24, 2.45) is 0 Å². The van der Waals surface area contributed by atoms with E-state index in [9.17, 15) is 4.79 Å². The second-order valence-electron chi connectivity index (χ2n) is 5.79. The van der Waals surface area contributed by atoms with E-state index in [0.717, 1.165) is 12.2 Å². The number of amides is 1. The molecule has 132 valence electrons. The van der Waals surface area contributed by atoms with Crippen molar-refractivity contribution >= 4 is 11.6 Å². The van der Waals surface area contributed by atoms with Gasteiger partial charge in [0.2, 0.25) is 0 Å². The third kappa shape index (κ3) is 4.86. The summed E-state index contributed by atoms with van der Waals surface area (Å²) in [4.78, 5) is 12.3. The average molecular weight is 347 g/mol. The number of anilines is 1. The molecule has 1 amide bonds. The largest absolute Gasteiger partial charge is 0.497 e. The normalized spacial score (nSPS) is 10.2. The van der Waals surface area contributed by atoms with Gasteiger partial charge in [0, 0.05) is 23.7 Å². The van der Waals surface area contributed by atoms with Gasteiger partial charge in [0.25, 0.3) is 5.91 Å². The lowest BCUT2D eigenvalue weighted by Gasteiger charge is -2.09. The first-order valence-corrected chi connectivity index (χ1v) is 8.47. The SMILES string of the molecule is COc1cccc(NC(=O)c2ccc(OCCc3ccccc3)cc2)c1. The Morgan fingerprint density at radius 1 is 0.885 bits per heavy atom. The Morgan fingerprint density at radius 2 is 1.65 bits per heavy atom. The predicted molar refractivity (Wildman–Crippen MR) is 103 cm³/mol. The van der Waals surface area contributed by atoms with Crippen molar-refractivity contribution in [2.45, 2.75) is 6.42 Å². The minimum Gasteiger partial charge on any atom is -0.497 e. The number of nitrogens with one attached hydrogen (secondary N) is 1. The van der Waals surface area contributed by atoms with Gasteiger partial charge in [0.1, 0.15) is 11.5 Å². The van der Waals surface area contributed by atoms with Crippen LogP contribution in [0.25, 0.3) is 0 Å². The number of rotatable bonds is 7. The fraction of sp³-hybridized carbons (Fsp3) is 0.136. The van der Waals surface area contributed by atoms with Crippen molar-refractivity contribution in [3.63, 3.8) is 0 Å². The van der Waals surface area contributed by atoms with Gasteiger partial charge in [-0.2, -0.15) is 0 Å². The van der Waals surface area contributed by atoms with Crippen molar-refractivity contribution in [2.75, 3.05) is 19.0 Å². The van der Waals surface area contributed by atoms with E-state index in [1.54, 1.807) is 25.3 Å². The maximum atomic E-state index is 12.3. The van der Waals surface area contributed by atoms with Gasteiger partial charge >= 0.3 is 0 Å². The molecule has 0 saturated carbocycles. The van der Waals surface area contributed by atoms with Crippen LogP contribution >= 0.6 is 0 Å². The zero-order valence-electron chi connectivity index (χ0n) is 14.6. The molecule has 0 bridgehead atoms. The second kappa shape index (κ2) is 8.72. The maximum Gasteiger partial charge on any atom is 0.255 e. The van der Waals surface area contributed by atoms with E-state index in [-0.39, 0.29) is 5.91 Å². The first-order valence-electron chi connectivity index (χ1n) is 8.47. The molecule has 0 radical (unpaired) electrons. The molecule has 0 fully saturated rings. The maximum absolute atomic E-state index is 12.3. The highest BCUT2D eigenvalue weighted by molar-refractivity contribution is 6.04. The van der Waals surface area contributed by atoms with Gasteiger partial charge in [0.05, 0.1) is 13.7 Å². The third-order valence-electron chi connectivity index (χ3n) is 3.95. The molecule has 4 nitrogen and oxygen atoms in total. The Morgan fingerprint density at radius 3 is 2.38 bits per heavy atom. The van der Waals surface area contributed by atoms with Gasteiger partial charge in [0.15, 0.2) is 0 Å². The Hall–Kier alpha value is -3.27. The highest BCUT2D eigenvalue weighted by atomic mass is 16.5. The van der Waals surface area contributed by atoms with E-state index in [2.05, 4.69) is 17.4 Å². The molecule has 3 aromatic rings. The molecular weight excluding hydrogens is 326 g/mol. The summed E-state index contributed by atoms with van der Waals surface area (Å²) in [6, 6.07) is 24.6. The lowest BCUT2D eigenvalue weighted by molar-refractivity contribution is 0.102. The zero-order valence-corrected chi connectivity index (χ0v) is 14.6. The van der Waals surface area contributed by atoms with Crippen molar-refractivity contribution in [3.8, 4) is 11.5 Å². The highest BCUT2D eigenvalue weighted by Crippen LogP contribution is 2.18. The lowest BCUT2D eigenvalue weighted by atomic mass is 10.2. The monoisotopic (exact) mass is 347 g/mol. The number of carbonyl (C=O) groups excluding carboxylic acids is 1. The van der Waals surface area contributed by atoms with Crippen molar-refractivity contribution in [1.29, 1.82) is 0 Å². The molecule has 3 rings (SSSR count). The van der Waals surface area contributed by atoms with Crippen LogP contribution in [0.1, 0.15) is 15.9 Å². The Kier molecular flexibility index (Phi) is 5.88. The van der Waals surface area contributed by atoms with Crippen molar-refractivity contribution < 1.29 is 14.3 Å². The smallest absolute Gasteiger partial charge is 0.255 e. The summed E-state index contributed by atoms with van der Waals surface area (Å²) in [5.74, 6) is 1.28. The summed E-state index contributed by atoms with van der Waals surface area (Å²) in [5.41, 5.74) is 2.50. The van der Waals surface area contributed by atoms with Crippen LogP contribution < -0.4 is 14.8 Å². The van der Waals surface area contributed by atoms with E-state index >= 15 is 0 Å². The Labute approximate surface area is 153 Å². The van der Waals surface area contributed by atoms with Gasteiger partial charge < -0.3 is 14.8 Å². The third-order valence-corrected chi connectivity index (χ3v) is 3.95. The molecule has 0 spiro atoms. The summed E-state index contributed by atoms with van der Waals surface area (Å²) in [6.07, 6.45) is 0.846. The summed E-state index contributed by atoms with van der Waals surface area (Å²) in [6.45, 7) is 0.597. The first kappa shape index (κ1) is 17.5. The van der Waals surface area contributed by atoms with Crippen molar-refractivity contribution in [3.05, 3.63) is 90.0 Å². The molecule has 3 aromatic carbocycles. The van der Waals surface area contributed by atoms with E-state index in [1.165, 1.54) is 5.56 Å². The average Bonchev–Trinajstić information content (AvgIpc) is 2.69. The van der Waals surface area contributed by atoms with Crippen LogP contribution in [0.15, 0.2) is 78.9 Å². The molecular formula is C22H21NO3. The van der Waals surface area contributed by atoms with Crippen LogP contribution in [-0.4, -0.2) is 19.6 Å². The van der Waals surface area contributed by atoms with E-state index in [1.807, 2.05) is 48.5 Å². The van der Waals surface area contributed by atoms with E-state index < -0.39 is 0 Å². The molecule has 4 heteroatoms. The quantitative estimate of drug-likeness (QED) is 0.681. The molecule has 0 aliphatic carbocycles. The summed E-state index contributed by atoms with van der Waals surface area (Å²) < 4.78 is 10.9. The lowest BCUT2D eigenvalue weighted by Crippen LogP contribution is -2.11. The van der Waals surface area contributed by atoms with Crippen LogP contribution in [0, 0.1) is 0 Å². The number of benzene rings is 3. The summed E-state index contributed by atoms with van der Waals surface area (Å²) in [7, 11) is 1.59. The van der Waals surface area contributed by atoms with Crippen LogP contribution in [-0.2, 0) is 6.42 Å². The highest BCUT2D eigenvalue weighted by Gasteiger charge is 2.07. The van der Waals surface area contributed by atoms with E-state index in [4.69, 9.17) is 9.47 Å². The first-order chi connectivity index (χ1) is 12.7. The number of methoxy groups -OCH3 is 1. The Balaban J connectivity index is 1.54. The second-order valence-corrected chi connectivity index (χ2v) is 5.79.